The molecule has 0 saturated carbocycles. The highest BCUT2D eigenvalue weighted by Crippen LogP contribution is 1.94. The standard InChI is InChI=1S/C10H19NS/c1-8(2)6-5-7-9(3)11-10(4)12/h5-7,9-12H,1-4H3. The van der Waals surface area contributed by atoms with E-state index < -0.39 is 0 Å². The van der Waals surface area contributed by atoms with E-state index in [1.54, 1.807) is 0 Å². The molecular weight excluding hydrogens is 166 g/mol. The molecule has 12 heavy (non-hydrogen) atoms. The van der Waals surface area contributed by atoms with Crippen LogP contribution in [0.4, 0.5) is 0 Å². The van der Waals surface area contributed by atoms with Crippen LogP contribution in [0, 0.1) is 0 Å². The summed E-state index contributed by atoms with van der Waals surface area (Å²) in [5.74, 6) is 0. The van der Waals surface area contributed by atoms with Crippen molar-refractivity contribution in [2.45, 2.75) is 39.1 Å². The van der Waals surface area contributed by atoms with Gasteiger partial charge in [-0.1, -0.05) is 23.8 Å². The Hall–Kier alpha value is -0.210. The van der Waals surface area contributed by atoms with Crippen molar-refractivity contribution in [2.24, 2.45) is 0 Å². The van der Waals surface area contributed by atoms with E-state index in [4.69, 9.17) is 0 Å². The van der Waals surface area contributed by atoms with Crippen molar-refractivity contribution >= 4 is 12.6 Å². The lowest BCUT2D eigenvalue weighted by atomic mass is 10.2. The van der Waals surface area contributed by atoms with Crippen LogP contribution in [0.3, 0.4) is 0 Å². The maximum Gasteiger partial charge on any atom is 0.0478 e. The van der Waals surface area contributed by atoms with E-state index in [2.05, 4.69) is 56.9 Å². The second-order valence-corrected chi connectivity index (χ2v) is 4.03. The van der Waals surface area contributed by atoms with Gasteiger partial charge in [0.25, 0.3) is 0 Å². The molecule has 0 heterocycles. The van der Waals surface area contributed by atoms with Gasteiger partial charge in [-0.3, -0.25) is 5.32 Å². The Balaban J connectivity index is 3.75. The third-order valence-corrected chi connectivity index (χ3v) is 1.48. The summed E-state index contributed by atoms with van der Waals surface area (Å²) < 4.78 is 0. The Labute approximate surface area is 81.3 Å². The molecule has 1 N–H and O–H groups in total. The molecular formula is C10H19NS. The van der Waals surface area contributed by atoms with Crippen LogP contribution in [0.1, 0.15) is 27.7 Å². The van der Waals surface area contributed by atoms with Gasteiger partial charge in [-0.15, -0.1) is 0 Å². The zero-order chi connectivity index (χ0) is 9.56. The van der Waals surface area contributed by atoms with Gasteiger partial charge >= 0.3 is 0 Å². The van der Waals surface area contributed by atoms with Gasteiger partial charge in [-0.2, -0.15) is 12.6 Å². The van der Waals surface area contributed by atoms with E-state index in [0.717, 1.165) is 0 Å². The zero-order valence-corrected chi connectivity index (χ0v) is 9.23. The summed E-state index contributed by atoms with van der Waals surface area (Å²) in [5, 5.41) is 3.51. The summed E-state index contributed by atoms with van der Waals surface area (Å²) in [6.45, 7) is 8.31. The van der Waals surface area contributed by atoms with Gasteiger partial charge in [0, 0.05) is 11.4 Å². The molecule has 0 aliphatic carbocycles. The fourth-order valence-corrected chi connectivity index (χ4v) is 1.09. The van der Waals surface area contributed by atoms with Crippen molar-refractivity contribution in [2.75, 3.05) is 0 Å². The van der Waals surface area contributed by atoms with E-state index in [9.17, 15) is 0 Å². The van der Waals surface area contributed by atoms with E-state index in [1.807, 2.05) is 6.92 Å². The monoisotopic (exact) mass is 185 g/mol. The average molecular weight is 185 g/mol. The molecule has 2 heteroatoms. The Morgan fingerprint density at radius 3 is 2.33 bits per heavy atom. The first-order chi connectivity index (χ1) is 5.52. The zero-order valence-electron chi connectivity index (χ0n) is 8.33. The minimum Gasteiger partial charge on any atom is -0.300 e. The lowest BCUT2D eigenvalue weighted by Crippen LogP contribution is -2.29. The normalized spacial score (nSPS) is 16.1. The van der Waals surface area contributed by atoms with Gasteiger partial charge in [-0.05, 0) is 27.7 Å². The predicted octanol–water partition coefficient (Wildman–Crippen LogP) is 2.76. The molecule has 0 saturated heterocycles. The van der Waals surface area contributed by atoms with Crippen LogP contribution in [0.15, 0.2) is 23.8 Å². The molecule has 0 aliphatic rings. The number of allylic oxidation sites excluding steroid dienone is 3. The Kier molecular flexibility index (Phi) is 6.21. The van der Waals surface area contributed by atoms with E-state index in [1.165, 1.54) is 5.57 Å². The third kappa shape index (κ3) is 7.89. The summed E-state index contributed by atoms with van der Waals surface area (Å²) in [5.41, 5.74) is 1.32. The van der Waals surface area contributed by atoms with Crippen molar-refractivity contribution in [3.05, 3.63) is 23.8 Å². The average Bonchev–Trinajstić information content (AvgIpc) is 1.84. The van der Waals surface area contributed by atoms with Crippen molar-refractivity contribution < 1.29 is 0 Å². The lowest BCUT2D eigenvalue weighted by Gasteiger charge is -2.11. The third-order valence-electron chi connectivity index (χ3n) is 1.33. The molecule has 0 amide bonds. The Bertz CT molecular complexity index is 167. The minimum atomic E-state index is 0.247. The molecule has 0 aromatic carbocycles. The molecule has 2 unspecified atom stereocenters. The van der Waals surface area contributed by atoms with Crippen molar-refractivity contribution in [3.8, 4) is 0 Å². The molecule has 70 valence electrons. The maximum absolute atomic E-state index is 4.24. The SMILES string of the molecule is CC(C)=CC=CC(C)NC(C)S. The summed E-state index contributed by atoms with van der Waals surface area (Å²) in [6.07, 6.45) is 6.30. The molecule has 1 nitrogen and oxygen atoms in total. The summed E-state index contributed by atoms with van der Waals surface area (Å²) >= 11 is 4.24. The number of nitrogens with one attached hydrogen (secondary N) is 1. The van der Waals surface area contributed by atoms with Crippen molar-refractivity contribution in [3.63, 3.8) is 0 Å². The summed E-state index contributed by atoms with van der Waals surface area (Å²) in [6, 6.07) is 0.382. The van der Waals surface area contributed by atoms with Gasteiger partial charge in [-0.25, -0.2) is 0 Å². The maximum atomic E-state index is 4.24. The second kappa shape index (κ2) is 6.32. The van der Waals surface area contributed by atoms with Crippen LogP contribution in [0.25, 0.3) is 0 Å². The molecule has 0 aliphatic heterocycles. The number of hydrogen-bond donors (Lipinski definition) is 2. The van der Waals surface area contributed by atoms with Crippen molar-refractivity contribution in [1.29, 1.82) is 0 Å². The first-order valence-electron chi connectivity index (χ1n) is 4.28. The van der Waals surface area contributed by atoms with Crippen molar-refractivity contribution in [1.82, 2.24) is 5.32 Å². The smallest absolute Gasteiger partial charge is 0.0478 e. The number of hydrogen-bond acceptors (Lipinski definition) is 2. The van der Waals surface area contributed by atoms with Crippen LogP contribution in [0.2, 0.25) is 0 Å². The van der Waals surface area contributed by atoms with E-state index in [0.29, 0.717) is 6.04 Å². The number of thiol groups is 1. The fourth-order valence-electron chi connectivity index (χ4n) is 0.851. The number of rotatable bonds is 4. The fraction of sp³-hybridized carbons (Fsp3) is 0.600. The topological polar surface area (TPSA) is 12.0 Å². The quantitative estimate of drug-likeness (QED) is 0.390. The molecule has 0 rings (SSSR count). The summed E-state index contributed by atoms with van der Waals surface area (Å²) in [4.78, 5) is 0. The highest BCUT2D eigenvalue weighted by molar-refractivity contribution is 7.80. The van der Waals surface area contributed by atoms with Gasteiger partial charge in [0.1, 0.15) is 0 Å². The molecule has 0 aromatic heterocycles. The predicted molar refractivity (Wildman–Crippen MR) is 59.6 cm³/mol. The van der Waals surface area contributed by atoms with Crippen LogP contribution in [-0.4, -0.2) is 11.4 Å². The van der Waals surface area contributed by atoms with Gasteiger partial charge in [0.15, 0.2) is 0 Å². The summed E-state index contributed by atoms with van der Waals surface area (Å²) in [7, 11) is 0. The van der Waals surface area contributed by atoms with E-state index in [-0.39, 0.29) is 5.37 Å². The molecule has 0 aromatic rings. The second-order valence-electron chi connectivity index (χ2n) is 3.26. The van der Waals surface area contributed by atoms with Crippen LogP contribution >= 0.6 is 12.6 Å². The molecule has 0 spiro atoms. The largest absolute Gasteiger partial charge is 0.300 e. The van der Waals surface area contributed by atoms with Gasteiger partial charge in [0.2, 0.25) is 0 Å². The first-order valence-corrected chi connectivity index (χ1v) is 4.80. The van der Waals surface area contributed by atoms with Gasteiger partial charge in [0.05, 0.1) is 0 Å². The Morgan fingerprint density at radius 2 is 1.92 bits per heavy atom. The molecule has 0 fully saturated rings. The van der Waals surface area contributed by atoms with Crippen LogP contribution in [0.5, 0.6) is 0 Å². The first kappa shape index (κ1) is 11.8. The lowest BCUT2D eigenvalue weighted by molar-refractivity contribution is 0.632. The molecule has 0 bridgehead atoms. The van der Waals surface area contributed by atoms with E-state index >= 15 is 0 Å². The molecule has 0 radical (unpaired) electrons. The Morgan fingerprint density at radius 1 is 1.33 bits per heavy atom. The highest BCUT2D eigenvalue weighted by Gasteiger charge is 1.96. The molecule has 2 atom stereocenters. The minimum absolute atomic E-state index is 0.247. The van der Waals surface area contributed by atoms with Crippen LogP contribution < -0.4 is 5.32 Å². The van der Waals surface area contributed by atoms with Crippen LogP contribution in [-0.2, 0) is 0 Å². The highest BCUT2D eigenvalue weighted by atomic mass is 32.1. The van der Waals surface area contributed by atoms with Gasteiger partial charge < -0.3 is 0 Å².